The van der Waals surface area contributed by atoms with Gasteiger partial charge in [0.25, 0.3) is 5.56 Å². The van der Waals surface area contributed by atoms with Crippen LogP contribution in [0.15, 0.2) is 41.3 Å². The van der Waals surface area contributed by atoms with Gasteiger partial charge in [-0.25, -0.2) is 0 Å². The van der Waals surface area contributed by atoms with Gasteiger partial charge in [-0.3, -0.25) is 24.4 Å². The molecule has 1 atom stereocenters. The fourth-order valence-electron chi connectivity index (χ4n) is 4.05. The van der Waals surface area contributed by atoms with Crippen molar-refractivity contribution in [2.75, 3.05) is 22.6 Å². The van der Waals surface area contributed by atoms with Crippen molar-refractivity contribution in [2.45, 2.75) is 24.1 Å². The highest BCUT2D eigenvalue weighted by Gasteiger charge is 2.33. The van der Waals surface area contributed by atoms with Crippen LogP contribution >= 0.6 is 23.5 Å². The molecule has 5 rings (SSSR count). The maximum Gasteiger partial charge on any atom is 0.270 e. The lowest BCUT2D eigenvalue weighted by Gasteiger charge is -2.24. The molecule has 8 heteroatoms. The molecule has 144 valence electrons. The number of anilines is 1. The molecule has 3 aromatic rings. The number of rotatable bonds is 2. The molecule has 1 saturated heterocycles. The van der Waals surface area contributed by atoms with Crippen molar-refractivity contribution in [3.8, 4) is 0 Å². The fourth-order valence-corrected chi connectivity index (χ4v) is 6.27. The number of hydrogen-bond donors (Lipinski definition) is 2. The maximum absolute atomic E-state index is 13.0. The number of nitrogens with one attached hydrogen (secondary N) is 2. The first kappa shape index (κ1) is 17.9. The summed E-state index contributed by atoms with van der Waals surface area (Å²) in [6, 6.07) is 10.2. The van der Waals surface area contributed by atoms with Crippen molar-refractivity contribution < 1.29 is 4.79 Å². The van der Waals surface area contributed by atoms with Crippen molar-refractivity contribution in [1.82, 2.24) is 14.8 Å². The van der Waals surface area contributed by atoms with E-state index in [9.17, 15) is 9.59 Å². The monoisotopic (exact) mass is 412 g/mol. The van der Waals surface area contributed by atoms with Crippen LogP contribution in [0.5, 0.6) is 0 Å². The molecule has 0 bridgehead atoms. The summed E-state index contributed by atoms with van der Waals surface area (Å²) < 4.78 is 1.91. The van der Waals surface area contributed by atoms with Gasteiger partial charge in [-0.1, -0.05) is 24.3 Å². The van der Waals surface area contributed by atoms with Crippen molar-refractivity contribution >= 4 is 46.2 Å². The smallest absolute Gasteiger partial charge is 0.270 e. The first-order valence-electron chi connectivity index (χ1n) is 9.39. The van der Waals surface area contributed by atoms with E-state index in [1.54, 1.807) is 6.20 Å². The minimum absolute atomic E-state index is 0.0696. The standard InChI is InChI=1S/C20H20N4O2S2/c25-15-11-28-18(14-5-1-3-12-4-2-8-21-17(12)14)16-19(22-15)24(23-20(16)26)13-6-9-27-10-7-13/h1-5,8,13,18H,6-7,9-11H2,(H,22,25)(H,23,26)/t18-/m0/s1. The molecular weight excluding hydrogens is 392 g/mol. The molecule has 2 N–H and O–H groups in total. The van der Waals surface area contributed by atoms with Crippen LogP contribution in [0.25, 0.3) is 10.9 Å². The molecule has 1 fully saturated rings. The van der Waals surface area contributed by atoms with Crippen molar-refractivity contribution in [1.29, 1.82) is 0 Å². The van der Waals surface area contributed by atoms with Gasteiger partial charge >= 0.3 is 0 Å². The second-order valence-electron chi connectivity index (χ2n) is 7.08. The van der Waals surface area contributed by atoms with Crippen LogP contribution in [0.2, 0.25) is 0 Å². The molecule has 28 heavy (non-hydrogen) atoms. The van der Waals surface area contributed by atoms with Crippen molar-refractivity contribution in [2.24, 2.45) is 0 Å². The number of aromatic nitrogens is 3. The SMILES string of the molecule is O=C1CS[C@@H](c2cccc3cccnc23)c2c(n(C3CCSCC3)[nH]c2=O)N1. The largest absolute Gasteiger partial charge is 0.310 e. The molecule has 1 aromatic carbocycles. The topological polar surface area (TPSA) is 79.8 Å². The Hall–Kier alpha value is -2.19. The highest BCUT2D eigenvalue weighted by atomic mass is 32.2. The molecule has 1 amide bonds. The molecule has 2 aromatic heterocycles. The van der Waals surface area contributed by atoms with Crippen LogP contribution in [-0.2, 0) is 4.79 Å². The van der Waals surface area contributed by atoms with Crippen LogP contribution in [0.3, 0.4) is 0 Å². The summed E-state index contributed by atoms with van der Waals surface area (Å²) in [5.74, 6) is 3.01. The number of thioether (sulfide) groups is 2. The molecule has 0 spiro atoms. The van der Waals surface area contributed by atoms with E-state index in [2.05, 4.69) is 15.4 Å². The van der Waals surface area contributed by atoms with Gasteiger partial charge < -0.3 is 5.32 Å². The van der Waals surface area contributed by atoms with Gasteiger partial charge in [-0.05, 0) is 36.0 Å². The lowest BCUT2D eigenvalue weighted by atomic mass is 10.0. The highest BCUT2D eigenvalue weighted by molar-refractivity contribution is 8.00. The second-order valence-corrected chi connectivity index (χ2v) is 9.40. The Morgan fingerprint density at radius 2 is 1.93 bits per heavy atom. The summed E-state index contributed by atoms with van der Waals surface area (Å²) in [6.45, 7) is 0. The molecule has 0 unspecified atom stereocenters. The molecule has 0 saturated carbocycles. The van der Waals surface area contributed by atoms with E-state index in [0.717, 1.165) is 40.8 Å². The molecule has 0 radical (unpaired) electrons. The van der Waals surface area contributed by atoms with Crippen LogP contribution in [-0.4, -0.2) is 37.9 Å². The van der Waals surface area contributed by atoms with Gasteiger partial charge in [0.2, 0.25) is 5.91 Å². The average molecular weight is 413 g/mol. The summed E-state index contributed by atoms with van der Waals surface area (Å²) in [4.78, 5) is 30.1. The summed E-state index contributed by atoms with van der Waals surface area (Å²) in [5, 5.41) is 6.82. The van der Waals surface area contributed by atoms with Crippen LogP contribution in [0.1, 0.15) is 35.3 Å². The number of fused-ring (bicyclic) bond motifs is 2. The zero-order valence-corrected chi connectivity index (χ0v) is 16.8. The Morgan fingerprint density at radius 1 is 1.11 bits per heavy atom. The van der Waals surface area contributed by atoms with E-state index in [1.165, 1.54) is 11.8 Å². The third-order valence-electron chi connectivity index (χ3n) is 5.37. The fraction of sp³-hybridized carbons (Fsp3) is 0.350. The average Bonchev–Trinajstić information content (AvgIpc) is 2.94. The highest BCUT2D eigenvalue weighted by Crippen LogP contribution is 2.43. The van der Waals surface area contributed by atoms with E-state index in [-0.39, 0.29) is 22.8 Å². The minimum atomic E-state index is -0.240. The van der Waals surface area contributed by atoms with Crippen LogP contribution in [0.4, 0.5) is 5.82 Å². The Kier molecular flexibility index (Phi) is 4.68. The lowest BCUT2D eigenvalue weighted by molar-refractivity contribution is -0.113. The second kappa shape index (κ2) is 7.33. The van der Waals surface area contributed by atoms with E-state index in [1.807, 2.05) is 46.8 Å². The number of nitrogens with zero attached hydrogens (tertiary/aromatic N) is 2. The van der Waals surface area contributed by atoms with Crippen LogP contribution in [0, 0.1) is 0 Å². The predicted molar refractivity (Wildman–Crippen MR) is 115 cm³/mol. The van der Waals surface area contributed by atoms with Gasteiger partial charge in [0.05, 0.1) is 28.1 Å². The van der Waals surface area contributed by atoms with E-state index in [4.69, 9.17) is 0 Å². The number of amides is 1. The third-order valence-corrected chi connectivity index (χ3v) is 7.67. The summed E-state index contributed by atoms with van der Waals surface area (Å²) in [7, 11) is 0. The summed E-state index contributed by atoms with van der Waals surface area (Å²) >= 11 is 3.42. The van der Waals surface area contributed by atoms with Crippen LogP contribution < -0.4 is 10.9 Å². The van der Waals surface area contributed by atoms with Crippen molar-refractivity contribution in [3.63, 3.8) is 0 Å². The normalized spacial score (nSPS) is 20.6. The number of carbonyl (C=O) groups is 1. The van der Waals surface area contributed by atoms with Gasteiger partial charge in [-0.15, -0.1) is 11.8 Å². The van der Waals surface area contributed by atoms with Gasteiger partial charge in [0, 0.05) is 11.6 Å². The third kappa shape index (κ3) is 3.04. The summed E-state index contributed by atoms with van der Waals surface area (Å²) in [5.41, 5.74) is 2.36. The first-order valence-corrected chi connectivity index (χ1v) is 11.6. The first-order chi connectivity index (χ1) is 13.7. The number of H-pyrrole nitrogens is 1. The Balaban J connectivity index is 1.68. The minimum Gasteiger partial charge on any atom is -0.310 e. The molecule has 2 aliphatic rings. The van der Waals surface area contributed by atoms with Gasteiger partial charge in [0.1, 0.15) is 5.82 Å². The Bertz CT molecular complexity index is 1100. The Morgan fingerprint density at radius 3 is 2.79 bits per heavy atom. The zero-order chi connectivity index (χ0) is 19.1. The molecule has 0 aliphatic carbocycles. The number of hydrogen-bond acceptors (Lipinski definition) is 5. The van der Waals surface area contributed by atoms with Crippen molar-refractivity contribution in [3.05, 3.63) is 58.0 Å². The molecule has 6 nitrogen and oxygen atoms in total. The number of para-hydroxylation sites is 1. The molecule has 2 aliphatic heterocycles. The molecule has 4 heterocycles. The zero-order valence-electron chi connectivity index (χ0n) is 15.2. The number of benzene rings is 1. The number of aromatic amines is 1. The quantitative estimate of drug-likeness (QED) is 0.673. The molecular formula is C20H20N4O2S2. The van der Waals surface area contributed by atoms with E-state index >= 15 is 0 Å². The van der Waals surface area contributed by atoms with E-state index in [0.29, 0.717) is 17.1 Å². The Labute approximate surface area is 170 Å². The predicted octanol–water partition coefficient (Wildman–Crippen LogP) is 3.57. The lowest BCUT2D eigenvalue weighted by Crippen LogP contribution is -2.22. The summed E-state index contributed by atoms with van der Waals surface area (Å²) in [6.07, 6.45) is 3.75. The van der Waals surface area contributed by atoms with Gasteiger partial charge in [-0.2, -0.15) is 11.8 Å². The number of carbonyl (C=O) groups excluding carboxylic acids is 1. The van der Waals surface area contributed by atoms with Gasteiger partial charge in [0.15, 0.2) is 0 Å². The van der Waals surface area contributed by atoms with E-state index < -0.39 is 0 Å². The number of pyridine rings is 1. The maximum atomic E-state index is 13.0.